The summed E-state index contributed by atoms with van der Waals surface area (Å²) in [6, 6.07) is 22.0. The summed E-state index contributed by atoms with van der Waals surface area (Å²) in [5.74, 6) is -4.03. The van der Waals surface area contributed by atoms with E-state index in [1.54, 1.807) is 48.5 Å². The van der Waals surface area contributed by atoms with Gasteiger partial charge in [-0.25, -0.2) is 41.9 Å². The van der Waals surface area contributed by atoms with Gasteiger partial charge in [0.15, 0.2) is 0 Å². The molecule has 11 heteroatoms. The molecular weight excluding hydrogens is 831 g/mol. The minimum atomic E-state index is -0.860. The van der Waals surface area contributed by atoms with Crippen molar-refractivity contribution < 1.29 is 48.9 Å². The van der Waals surface area contributed by atoms with Crippen LogP contribution in [0.5, 0.6) is 0 Å². The molecule has 2 saturated carbocycles. The van der Waals surface area contributed by atoms with Crippen LogP contribution in [0, 0.1) is 47.6 Å². The summed E-state index contributed by atoms with van der Waals surface area (Å²) in [6.07, 6.45) is 29.2. The third-order valence-electron chi connectivity index (χ3n) is 9.90. The quantitative estimate of drug-likeness (QED) is 0.110. The predicted molar refractivity (Wildman–Crippen MR) is 224 cm³/mol. The van der Waals surface area contributed by atoms with E-state index in [9.17, 15) is 27.2 Å². The van der Waals surface area contributed by atoms with Crippen LogP contribution in [-0.4, -0.2) is 23.9 Å². The van der Waals surface area contributed by atoms with Gasteiger partial charge in [0, 0.05) is 35.4 Å². The molecule has 0 saturated heterocycles. The van der Waals surface area contributed by atoms with E-state index in [1.165, 1.54) is 21.9 Å². The van der Waals surface area contributed by atoms with Crippen molar-refractivity contribution in [1.29, 1.82) is 0 Å². The monoisotopic (exact) mass is 874 g/mol. The molecular formula is C48H44Cl2F4N2O2Ti. The second-order valence-corrected chi connectivity index (χ2v) is 14.7. The summed E-state index contributed by atoms with van der Waals surface area (Å²) in [5.41, 5.74) is 0.725. The third-order valence-corrected chi connectivity index (χ3v) is 10.6. The Labute approximate surface area is 370 Å². The number of carbonyl (C=O) groups excluding carboxylic acids is 2. The van der Waals surface area contributed by atoms with Crippen molar-refractivity contribution in [3.63, 3.8) is 0 Å². The minimum absolute atomic E-state index is 0. The summed E-state index contributed by atoms with van der Waals surface area (Å²) < 4.78 is 55.1. The Morgan fingerprint density at radius 2 is 0.915 bits per heavy atom. The van der Waals surface area contributed by atoms with Crippen molar-refractivity contribution in [1.82, 2.24) is 0 Å². The molecule has 0 atom stereocenters. The molecule has 0 heterocycles. The molecule has 8 rings (SSSR count). The maximum absolute atomic E-state index is 14.3. The molecule has 2 fully saturated rings. The van der Waals surface area contributed by atoms with Crippen molar-refractivity contribution in [2.24, 2.45) is 0 Å². The van der Waals surface area contributed by atoms with Crippen LogP contribution in [0.15, 0.2) is 109 Å². The molecule has 4 aliphatic rings. The van der Waals surface area contributed by atoms with Crippen molar-refractivity contribution in [2.45, 2.75) is 89.1 Å². The third kappa shape index (κ3) is 13.9. The zero-order valence-corrected chi connectivity index (χ0v) is 35.6. The van der Waals surface area contributed by atoms with Crippen LogP contribution in [0.2, 0.25) is 10.0 Å². The van der Waals surface area contributed by atoms with Gasteiger partial charge in [-0.05, 0) is 61.3 Å². The fraction of sp³-hybridized carbons (Fsp3) is 0.292. The maximum Gasteiger partial charge on any atom is 4.00 e. The molecule has 0 N–H and O–H groups in total. The molecule has 0 spiro atoms. The fourth-order valence-corrected chi connectivity index (χ4v) is 7.51. The van der Waals surface area contributed by atoms with Crippen LogP contribution in [0.3, 0.4) is 0 Å². The second-order valence-electron chi connectivity index (χ2n) is 13.9. The Morgan fingerprint density at radius 1 is 0.542 bits per heavy atom. The van der Waals surface area contributed by atoms with Crippen molar-refractivity contribution >= 4 is 46.4 Å². The number of carbonyl (C=O) groups is 2. The first-order valence-corrected chi connectivity index (χ1v) is 20.3. The Bertz CT molecular complexity index is 1940. The molecule has 0 aliphatic heterocycles. The van der Waals surface area contributed by atoms with E-state index < -0.39 is 23.3 Å². The molecule has 59 heavy (non-hydrogen) atoms. The van der Waals surface area contributed by atoms with Gasteiger partial charge in [-0.1, -0.05) is 86.0 Å². The topological polar surface area (TPSA) is 40.6 Å². The number of nitrogens with zero attached hydrogens (tertiary/aromatic N) is 2. The number of rotatable bonds is 6. The Morgan fingerprint density at radius 3 is 1.20 bits per heavy atom. The van der Waals surface area contributed by atoms with Gasteiger partial charge in [0.1, 0.15) is 0 Å². The molecule has 0 bridgehead atoms. The Hall–Kier alpha value is -4.21. The number of amides is 2. The zero-order valence-electron chi connectivity index (χ0n) is 32.5. The van der Waals surface area contributed by atoms with Gasteiger partial charge in [0.25, 0.3) is 0 Å². The van der Waals surface area contributed by atoms with Crippen LogP contribution in [0.1, 0.15) is 97.8 Å². The van der Waals surface area contributed by atoms with Crippen molar-refractivity contribution in [3.8, 4) is 0 Å². The standard InChI is InChI=1S/2C19H17ClF2NO.2C5H5.Ti/c2*20-16-9-5-4-8-15(16)19(24)23(14-6-2-1-3-7-14)18-11-10-13(21)12-17(18)22;2*1-2-4-5-3-1;/h2*4-5,8-11,14H,1-3,6-7H2;2*1-3H,4H2;/q4*-1;+4. The van der Waals surface area contributed by atoms with E-state index in [1.807, 2.05) is 36.4 Å². The summed E-state index contributed by atoms with van der Waals surface area (Å²) >= 11 is 12.3. The van der Waals surface area contributed by atoms with E-state index in [4.69, 9.17) is 23.2 Å². The molecule has 0 unspecified atom stereocenters. The Kier molecular flexibility index (Phi) is 19.9. The second kappa shape index (κ2) is 24.8. The first kappa shape index (κ1) is 47.5. The van der Waals surface area contributed by atoms with Crippen LogP contribution in [0.25, 0.3) is 0 Å². The number of allylic oxidation sites excluding steroid dienone is 8. The van der Waals surface area contributed by atoms with E-state index >= 15 is 0 Å². The van der Waals surface area contributed by atoms with Gasteiger partial charge in [-0.15, -0.1) is 49.2 Å². The van der Waals surface area contributed by atoms with E-state index in [2.05, 4.69) is 24.3 Å². The molecule has 4 aromatic carbocycles. The summed E-state index contributed by atoms with van der Waals surface area (Å²) in [5, 5.41) is 0.629. The SMILES string of the molecule is O=C(c1ccccc1Cl)N(c1ccc(F)[c-]c1F)C1CCCCC1.O=C(c1ccccc1Cl)N(c1ccc(F)[c-]c1F)C1CCCCC1.[C-]1=CC=CC1.[C-]1=CC=CC1.[Ti+4]. The summed E-state index contributed by atoms with van der Waals surface area (Å²) in [6.45, 7) is 0. The molecule has 2 amide bonds. The minimum Gasteiger partial charge on any atom is -0.357 e. The number of hydrogen-bond acceptors (Lipinski definition) is 2. The normalized spacial score (nSPS) is 15.4. The number of halogens is 6. The molecule has 304 valence electrons. The van der Waals surface area contributed by atoms with Crippen molar-refractivity contribution in [3.05, 3.63) is 178 Å². The fourth-order valence-electron chi connectivity index (χ4n) is 7.08. The predicted octanol–water partition coefficient (Wildman–Crippen LogP) is 13.4. The van der Waals surface area contributed by atoms with Gasteiger partial charge in [-0.3, -0.25) is 21.7 Å². The number of anilines is 2. The number of benzene rings is 4. The van der Waals surface area contributed by atoms with Crippen LogP contribution in [-0.2, 0) is 21.7 Å². The van der Waals surface area contributed by atoms with Crippen LogP contribution in [0.4, 0.5) is 28.9 Å². The smallest absolute Gasteiger partial charge is 0.357 e. The average Bonchev–Trinajstić information content (AvgIpc) is 4.03. The van der Waals surface area contributed by atoms with E-state index in [0.29, 0.717) is 21.2 Å². The van der Waals surface area contributed by atoms with Crippen LogP contribution >= 0.6 is 23.2 Å². The van der Waals surface area contributed by atoms with Gasteiger partial charge in [0.05, 0.1) is 21.2 Å². The summed E-state index contributed by atoms with van der Waals surface area (Å²) in [7, 11) is 0. The molecule has 4 nitrogen and oxygen atoms in total. The van der Waals surface area contributed by atoms with Crippen molar-refractivity contribution in [2.75, 3.05) is 9.80 Å². The molecule has 4 aromatic rings. The average molecular weight is 876 g/mol. The molecule has 0 aromatic heterocycles. The van der Waals surface area contributed by atoms with Gasteiger partial charge < -0.3 is 9.80 Å². The first-order valence-electron chi connectivity index (χ1n) is 19.5. The largest absolute Gasteiger partial charge is 4.00 e. The molecule has 0 radical (unpaired) electrons. The van der Waals surface area contributed by atoms with Gasteiger partial charge >= 0.3 is 21.7 Å². The van der Waals surface area contributed by atoms with E-state index in [-0.39, 0.29) is 57.0 Å². The Balaban J connectivity index is 0.000000207. The maximum atomic E-state index is 14.3. The van der Waals surface area contributed by atoms with Crippen LogP contribution < -0.4 is 9.80 Å². The zero-order chi connectivity index (χ0) is 41.3. The van der Waals surface area contributed by atoms with Gasteiger partial charge in [-0.2, -0.15) is 12.2 Å². The first-order chi connectivity index (χ1) is 28.2. The number of hydrogen-bond donors (Lipinski definition) is 0. The van der Waals surface area contributed by atoms with E-state index in [0.717, 1.165) is 89.2 Å². The molecule has 4 aliphatic carbocycles. The van der Waals surface area contributed by atoms with Gasteiger partial charge in [0.2, 0.25) is 11.8 Å². The summed E-state index contributed by atoms with van der Waals surface area (Å²) in [4.78, 5) is 29.0.